The van der Waals surface area contributed by atoms with Crippen LogP contribution in [0.4, 0.5) is 52.7 Å². The molecule has 2 heterocycles. The highest BCUT2D eigenvalue weighted by Crippen LogP contribution is 2.33. The summed E-state index contributed by atoms with van der Waals surface area (Å²) in [5.74, 6) is -11.0. The second kappa shape index (κ2) is 29.9. The van der Waals surface area contributed by atoms with Crippen molar-refractivity contribution in [2.75, 3.05) is 72.2 Å². The summed E-state index contributed by atoms with van der Waals surface area (Å²) in [6, 6.07) is 17.8. The predicted octanol–water partition coefficient (Wildman–Crippen LogP) is 7.23. The summed E-state index contributed by atoms with van der Waals surface area (Å²) >= 11 is 1.93. The number of rotatable bonds is 14. The fourth-order valence-electron chi connectivity index (χ4n) is 4.81. The van der Waals surface area contributed by atoms with Crippen molar-refractivity contribution < 1.29 is 102 Å². The molecular formula is C37H47F12N3O10S. The first kappa shape index (κ1) is 58.6. The molecule has 2 aromatic carbocycles. The Morgan fingerprint density at radius 2 is 0.857 bits per heavy atom. The first-order valence-electron chi connectivity index (χ1n) is 18.5. The SMILES string of the molecule is O=C(O)C(F)(F)F.O=C(O)C(F)(F)F.O=C(O)C(F)(F)F.O=C(O)C(F)(F)F.c1ccc(Sc2ccccc2CNCCCN2CCOCC2)c(CCCCCN2CCOCC2)c1. The number of ether oxygens (including phenoxy) is 2. The molecule has 0 bridgehead atoms. The van der Waals surface area contributed by atoms with E-state index < -0.39 is 48.6 Å². The van der Waals surface area contributed by atoms with Crippen molar-refractivity contribution in [3.63, 3.8) is 0 Å². The molecule has 2 saturated heterocycles. The van der Waals surface area contributed by atoms with Crippen LogP contribution in [-0.4, -0.2) is 151 Å². The van der Waals surface area contributed by atoms with E-state index in [9.17, 15) is 52.7 Å². The highest BCUT2D eigenvalue weighted by molar-refractivity contribution is 7.99. The summed E-state index contributed by atoms with van der Waals surface area (Å²) in [5.41, 5.74) is 2.88. The van der Waals surface area contributed by atoms with Gasteiger partial charge in [0.1, 0.15) is 0 Å². The topological polar surface area (TPSA) is 186 Å². The number of aliphatic carboxylic acids is 4. The van der Waals surface area contributed by atoms with Gasteiger partial charge >= 0.3 is 48.6 Å². The number of carboxylic acid groups (broad SMARTS) is 4. The lowest BCUT2D eigenvalue weighted by Crippen LogP contribution is -2.37. The van der Waals surface area contributed by atoms with E-state index >= 15 is 0 Å². The highest BCUT2D eigenvalue weighted by atomic mass is 32.2. The van der Waals surface area contributed by atoms with Gasteiger partial charge in [-0.3, -0.25) is 9.80 Å². The highest BCUT2D eigenvalue weighted by Gasteiger charge is 2.40. The lowest BCUT2D eigenvalue weighted by atomic mass is 10.1. The third-order valence-corrected chi connectivity index (χ3v) is 9.14. The number of aryl methyl sites for hydroxylation is 1. The molecule has 0 aliphatic carbocycles. The average Bonchev–Trinajstić information content (AvgIpc) is 3.19. The number of halogens is 12. The van der Waals surface area contributed by atoms with Gasteiger partial charge < -0.3 is 35.2 Å². The van der Waals surface area contributed by atoms with Crippen LogP contribution in [0.3, 0.4) is 0 Å². The summed E-state index contributed by atoms with van der Waals surface area (Å²) < 4.78 is 138. The monoisotopic (exact) mass is 953 g/mol. The van der Waals surface area contributed by atoms with Crippen molar-refractivity contribution in [3.05, 3.63) is 59.7 Å². The van der Waals surface area contributed by atoms with Gasteiger partial charge in [-0.2, -0.15) is 52.7 Å². The fraction of sp³-hybridized carbons (Fsp3) is 0.568. The number of nitrogens with one attached hydrogen (secondary N) is 1. The number of carboxylic acids is 4. The van der Waals surface area contributed by atoms with E-state index in [1.807, 2.05) is 11.8 Å². The Hall–Kier alpha value is -4.37. The molecule has 2 aliphatic heterocycles. The number of hydrogen-bond donors (Lipinski definition) is 5. The van der Waals surface area contributed by atoms with Crippen LogP contribution in [0.1, 0.15) is 36.8 Å². The number of benzene rings is 2. The molecule has 4 rings (SSSR count). The molecule has 360 valence electrons. The first-order chi connectivity index (χ1) is 29.2. The van der Waals surface area contributed by atoms with Crippen LogP contribution in [0.2, 0.25) is 0 Å². The van der Waals surface area contributed by atoms with Crippen molar-refractivity contribution in [3.8, 4) is 0 Å². The molecule has 0 spiro atoms. The van der Waals surface area contributed by atoms with Gasteiger partial charge in [0.05, 0.1) is 26.4 Å². The average molecular weight is 954 g/mol. The first-order valence-corrected chi connectivity index (χ1v) is 19.3. The zero-order valence-electron chi connectivity index (χ0n) is 33.2. The molecule has 0 radical (unpaired) electrons. The molecule has 26 heteroatoms. The van der Waals surface area contributed by atoms with Crippen molar-refractivity contribution >= 4 is 35.6 Å². The summed E-state index contributed by atoms with van der Waals surface area (Å²) in [6.45, 7) is 12.3. The number of nitrogens with zero attached hydrogens (tertiary/aromatic N) is 2. The Balaban J connectivity index is 0.00000111. The molecule has 2 fully saturated rings. The third-order valence-electron chi connectivity index (χ3n) is 7.91. The van der Waals surface area contributed by atoms with Crippen LogP contribution in [0.5, 0.6) is 0 Å². The quantitative estimate of drug-likeness (QED) is 0.0944. The van der Waals surface area contributed by atoms with E-state index in [1.165, 1.54) is 53.1 Å². The molecule has 0 atom stereocenters. The number of hydrogen-bond acceptors (Lipinski definition) is 10. The molecule has 0 saturated carbocycles. The van der Waals surface area contributed by atoms with Gasteiger partial charge in [-0.25, -0.2) is 19.2 Å². The predicted molar refractivity (Wildman–Crippen MR) is 200 cm³/mol. The van der Waals surface area contributed by atoms with Crippen LogP contribution in [0, 0.1) is 0 Å². The van der Waals surface area contributed by atoms with Gasteiger partial charge in [0.15, 0.2) is 0 Å². The van der Waals surface area contributed by atoms with E-state index in [-0.39, 0.29) is 0 Å². The molecule has 0 amide bonds. The molecule has 0 unspecified atom stereocenters. The smallest absolute Gasteiger partial charge is 0.475 e. The van der Waals surface area contributed by atoms with E-state index in [4.69, 9.17) is 49.1 Å². The van der Waals surface area contributed by atoms with E-state index in [1.54, 1.807) is 0 Å². The van der Waals surface area contributed by atoms with Gasteiger partial charge in [-0.05, 0) is 68.6 Å². The summed E-state index contributed by atoms with van der Waals surface area (Å²) in [4.78, 5) is 43.4. The zero-order chi connectivity index (χ0) is 48.3. The van der Waals surface area contributed by atoms with Crippen molar-refractivity contribution in [1.82, 2.24) is 15.1 Å². The standard InChI is InChI=1S/C29H43N3O2S.4C2HF3O2/c1(7-15-31-17-21-33-22-18-31)2-9-26-10-3-5-12-28(26)35-29-13-6-4-11-27(29)25-30-14-8-16-32-19-23-34-24-20-32;4*3-2(4,5)1(6)7/h3-6,10-13,30H,1-2,7-9,14-25H2;4*(H,6,7). The summed E-state index contributed by atoms with van der Waals surface area (Å²) in [7, 11) is 0. The number of morpholine rings is 2. The zero-order valence-corrected chi connectivity index (χ0v) is 34.0. The summed E-state index contributed by atoms with van der Waals surface area (Å²) in [6.07, 6.45) is -14.1. The molecular weight excluding hydrogens is 906 g/mol. The fourth-order valence-corrected chi connectivity index (χ4v) is 5.91. The van der Waals surface area contributed by atoms with Gasteiger partial charge in [0.25, 0.3) is 0 Å². The van der Waals surface area contributed by atoms with Crippen LogP contribution in [0.25, 0.3) is 0 Å². The Kier molecular flexibility index (Phi) is 27.8. The maximum Gasteiger partial charge on any atom is 0.490 e. The van der Waals surface area contributed by atoms with Gasteiger partial charge in [0.2, 0.25) is 0 Å². The van der Waals surface area contributed by atoms with Crippen molar-refractivity contribution in [2.45, 2.75) is 73.1 Å². The normalized spacial score (nSPS) is 14.8. The molecule has 0 aromatic heterocycles. The second-order valence-corrected chi connectivity index (χ2v) is 13.9. The number of carbonyl (C=O) groups is 4. The molecule has 5 N–H and O–H groups in total. The van der Waals surface area contributed by atoms with Gasteiger partial charge in [0, 0.05) is 42.5 Å². The number of alkyl halides is 12. The molecule has 2 aromatic rings. The van der Waals surface area contributed by atoms with Gasteiger partial charge in [-0.15, -0.1) is 0 Å². The minimum Gasteiger partial charge on any atom is -0.475 e. The van der Waals surface area contributed by atoms with Gasteiger partial charge in [-0.1, -0.05) is 54.6 Å². The number of unbranched alkanes of at least 4 members (excludes halogenated alkanes) is 2. The second-order valence-electron chi connectivity index (χ2n) is 12.8. The maximum atomic E-state index is 10.6. The van der Waals surface area contributed by atoms with Crippen LogP contribution < -0.4 is 5.32 Å². The Morgan fingerprint density at radius 3 is 1.24 bits per heavy atom. The summed E-state index contributed by atoms with van der Waals surface area (Å²) in [5, 5.41) is 32.2. The third kappa shape index (κ3) is 29.6. The maximum absolute atomic E-state index is 10.6. The van der Waals surface area contributed by atoms with Crippen LogP contribution in [-0.2, 0) is 41.6 Å². The van der Waals surface area contributed by atoms with Crippen molar-refractivity contribution in [1.29, 1.82) is 0 Å². The Morgan fingerprint density at radius 1 is 0.524 bits per heavy atom. The molecule has 2 aliphatic rings. The van der Waals surface area contributed by atoms with E-state index in [0.717, 1.165) is 78.7 Å². The molecule has 63 heavy (non-hydrogen) atoms. The van der Waals surface area contributed by atoms with Crippen molar-refractivity contribution in [2.24, 2.45) is 0 Å². The van der Waals surface area contributed by atoms with Crippen LogP contribution >= 0.6 is 11.8 Å². The minimum atomic E-state index is -5.08. The van der Waals surface area contributed by atoms with E-state index in [2.05, 4.69) is 63.6 Å². The lowest BCUT2D eigenvalue weighted by Gasteiger charge is -2.26. The molecule has 13 nitrogen and oxygen atoms in total. The Bertz CT molecular complexity index is 1470. The lowest BCUT2D eigenvalue weighted by molar-refractivity contribution is -0.193. The Labute approximate surface area is 357 Å². The van der Waals surface area contributed by atoms with E-state index in [0.29, 0.717) is 0 Å². The largest absolute Gasteiger partial charge is 0.490 e. The minimum absolute atomic E-state index is 0.883. The van der Waals surface area contributed by atoms with Crippen LogP contribution in [0.15, 0.2) is 58.3 Å².